The first kappa shape index (κ1) is 18.8. The lowest BCUT2D eigenvalue weighted by Crippen LogP contribution is -2.38. The van der Waals surface area contributed by atoms with Gasteiger partial charge in [0, 0.05) is 7.05 Å². The van der Waals surface area contributed by atoms with E-state index in [9.17, 15) is 14.0 Å². The summed E-state index contributed by atoms with van der Waals surface area (Å²) in [6.45, 7) is 2.00. The molecule has 2 N–H and O–H groups in total. The van der Waals surface area contributed by atoms with Gasteiger partial charge in [0.15, 0.2) is 17.0 Å². The third kappa shape index (κ3) is 3.91. The summed E-state index contributed by atoms with van der Waals surface area (Å²) in [4.78, 5) is 29.3. The minimum atomic E-state index is -0.604. The molecule has 0 amide bonds. The van der Waals surface area contributed by atoms with Gasteiger partial charge < -0.3 is 10.6 Å². The van der Waals surface area contributed by atoms with Gasteiger partial charge in [0.25, 0.3) is 5.56 Å². The van der Waals surface area contributed by atoms with Crippen LogP contribution < -0.4 is 21.9 Å². The van der Waals surface area contributed by atoms with Crippen molar-refractivity contribution < 1.29 is 4.39 Å². The van der Waals surface area contributed by atoms with Gasteiger partial charge in [-0.25, -0.2) is 18.7 Å². The second kappa shape index (κ2) is 8.14. The van der Waals surface area contributed by atoms with Crippen LogP contribution in [0, 0.1) is 5.82 Å². The summed E-state index contributed by atoms with van der Waals surface area (Å²) in [7, 11) is 3.24. The molecule has 0 atom stereocenters. The third-order valence-corrected chi connectivity index (χ3v) is 4.06. The van der Waals surface area contributed by atoms with E-state index < -0.39 is 17.1 Å². The molecule has 9 nitrogen and oxygen atoms in total. The van der Waals surface area contributed by atoms with Crippen molar-refractivity contribution in [1.29, 1.82) is 0 Å². The zero-order valence-electron chi connectivity index (χ0n) is 15.1. The number of rotatable bonds is 7. The number of halogens is 1. The lowest BCUT2D eigenvalue weighted by Gasteiger charge is -2.11. The zero-order valence-corrected chi connectivity index (χ0v) is 15.1. The van der Waals surface area contributed by atoms with Crippen molar-refractivity contribution in [3.8, 4) is 5.69 Å². The summed E-state index contributed by atoms with van der Waals surface area (Å²) in [5.41, 5.74) is -0.721. The highest BCUT2D eigenvalue weighted by Gasteiger charge is 2.16. The van der Waals surface area contributed by atoms with E-state index in [0.717, 1.165) is 24.1 Å². The molecule has 0 aliphatic heterocycles. The topological polar surface area (TPSA) is 107 Å². The second-order valence-corrected chi connectivity index (χ2v) is 5.99. The van der Waals surface area contributed by atoms with Crippen LogP contribution in [0.2, 0.25) is 0 Å². The van der Waals surface area contributed by atoms with Crippen molar-refractivity contribution in [3.63, 3.8) is 0 Å². The molecule has 3 rings (SSSR count). The molecular weight excluding hydrogens is 353 g/mol. The highest BCUT2D eigenvalue weighted by molar-refractivity contribution is 5.70. The first-order valence-electron chi connectivity index (χ1n) is 8.49. The molecule has 2 heterocycles. The maximum Gasteiger partial charge on any atom is 0.337 e. The van der Waals surface area contributed by atoms with E-state index in [0.29, 0.717) is 18.1 Å². The van der Waals surface area contributed by atoms with Crippen LogP contribution in [0.5, 0.6) is 0 Å². The summed E-state index contributed by atoms with van der Waals surface area (Å²) >= 11 is 0. The standard InChI is InChI=1S/C17H20FN7O2/c1-19-8-3-9-20-10-13-21-14-15(23-22-13)25(17(27)24(2)16(14)26)12-6-4-11(18)5-7-12/h4-7,19-20H,3,8-10H2,1-2H3. The molecule has 10 heteroatoms. The Bertz CT molecular complexity index is 1060. The van der Waals surface area contributed by atoms with Crippen LogP contribution in [0.3, 0.4) is 0 Å². The molecule has 3 aromatic rings. The molecule has 0 unspecified atom stereocenters. The second-order valence-electron chi connectivity index (χ2n) is 5.99. The van der Waals surface area contributed by atoms with Crippen LogP contribution in [0.25, 0.3) is 16.9 Å². The number of aromatic nitrogens is 5. The van der Waals surface area contributed by atoms with Crippen molar-refractivity contribution >= 4 is 11.2 Å². The minimum Gasteiger partial charge on any atom is -0.320 e. The van der Waals surface area contributed by atoms with Crippen molar-refractivity contribution in [3.05, 3.63) is 56.7 Å². The molecule has 0 fully saturated rings. The number of nitrogens with one attached hydrogen (secondary N) is 2. The van der Waals surface area contributed by atoms with Gasteiger partial charge in [-0.1, -0.05) is 0 Å². The average molecular weight is 373 g/mol. The Morgan fingerprint density at radius 1 is 1.11 bits per heavy atom. The quantitative estimate of drug-likeness (QED) is 0.548. The number of nitrogens with zero attached hydrogens (tertiary/aromatic N) is 5. The minimum absolute atomic E-state index is 0.0310. The molecule has 0 saturated heterocycles. The van der Waals surface area contributed by atoms with Gasteiger partial charge in [-0.15, -0.1) is 10.2 Å². The van der Waals surface area contributed by atoms with Gasteiger partial charge in [0.2, 0.25) is 0 Å². The fraction of sp³-hybridized carbons (Fsp3) is 0.353. The largest absolute Gasteiger partial charge is 0.337 e. The SMILES string of the molecule is CNCCCNCc1nnc2c(n1)c(=O)n(C)c(=O)n2-c1ccc(F)cc1. The van der Waals surface area contributed by atoms with Crippen LogP contribution >= 0.6 is 0 Å². The molecule has 0 spiro atoms. The van der Waals surface area contributed by atoms with Crippen molar-refractivity contribution in [2.45, 2.75) is 13.0 Å². The smallest absolute Gasteiger partial charge is 0.320 e. The van der Waals surface area contributed by atoms with Crippen molar-refractivity contribution in [2.24, 2.45) is 7.05 Å². The highest BCUT2D eigenvalue weighted by atomic mass is 19.1. The molecule has 0 saturated carbocycles. The Labute approximate surface area is 153 Å². The first-order valence-corrected chi connectivity index (χ1v) is 8.49. The molecule has 0 radical (unpaired) electrons. The molecular formula is C17H20FN7O2. The van der Waals surface area contributed by atoms with Gasteiger partial charge in [0.05, 0.1) is 12.2 Å². The van der Waals surface area contributed by atoms with Crippen LogP contribution in [-0.2, 0) is 13.6 Å². The predicted molar refractivity (Wildman–Crippen MR) is 98.4 cm³/mol. The molecule has 0 aliphatic rings. The lowest BCUT2D eigenvalue weighted by molar-refractivity contribution is 0.605. The molecule has 27 heavy (non-hydrogen) atoms. The maximum atomic E-state index is 13.2. The molecule has 2 aromatic heterocycles. The van der Waals surface area contributed by atoms with Crippen LogP contribution in [0.4, 0.5) is 4.39 Å². The average Bonchev–Trinajstić information content (AvgIpc) is 2.68. The van der Waals surface area contributed by atoms with Crippen LogP contribution in [0.1, 0.15) is 12.2 Å². The summed E-state index contributed by atoms with van der Waals surface area (Å²) in [5.74, 6) is -0.0786. The van der Waals surface area contributed by atoms with Gasteiger partial charge in [-0.3, -0.25) is 9.36 Å². The predicted octanol–water partition coefficient (Wildman–Crippen LogP) is -0.287. The Balaban J connectivity index is 2.03. The Morgan fingerprint density at radius 3 is 2.56 bits per heavy atom. The summed E-state index contributed by atoms with van der Waals surface area (Å²) < 4.78 is 15.4. The third-order valence-electron chi connectivity index (χ3n) is 4.06. The van der Waals surface area contributed by atoms with E-state index in [-0.39, 0.29) is 11.2 Å². The van der Waals surface area contributed by atoms with Crippen LogP contribution in [0.15, 0.2) is 33.9 Å². The number of hydrogen-bond acceptors (Lipinski definition) is 7. The maximum absolute atomic E-state index is 13.2. The highest BCUT2D eigenvalue weighted by Crippen LogP contribution is 2.11. The van der Waals surface area contributed by atoms with Crippen molar-refractivity contribution in [2.75, 3.05) is 20.1 Å². The Morgan fingerprint density at radius 2 is 1.85 bits per heavy atom. The monoisotopic (exact) mass is 373 g/mol. The zero-order chi connectivity index (χ0) is 19.4. The molecule has 142 valence electrons. The van der Waals surface area contributed by atoms with Gasteiger partial charge >= 0.3 is 5.69 Å². The molecule has 0 aliphatic carbocycles. The van der Waals surface area contributed by atoms with Crippen molar-refractivity contribution in [1.82, 2.24) is 34.9 Å². The van der Waals surface area contributed by atoms with E-state index >= 15 is 0 Å². The van der Waals surface area contributed by atoms with E-state index in [4.69, 9.17) is 0 Å². The number of fused-ring (bicyclic) bond motifs is 1. The van der Waals surface area contributed by atoms with E-state index in [1.165, 1.54) is 35.9 Å². The van der Waals surface area contributed by atoms with E-state index in [2.05, 4.69) is 25.8 Å². The van der Waals surface area contributed by atoms with E-state index in [1.807, 2.05) is 7.05 Å². The molecule has 1 aromatic carbocycles. The van der Waals surface area contributed by atoms with Gasteiger partial charge in [-0.05, 0) is 50.8 Å². The number of hydrogen-bond donors (Lipinski definition) is 2. The molecule has 0 bridgehead atoms. The first-order chi connectivity index (χ1) is 13.0. The summed E-state index contributed by atoms with van der Waals surface area (Å²) in [6, 6.07) is 5.31. The summed E-state index contributed by atoms with van der Waals surface area (Å²) in [6.07, 6.45) is 0.934. The summed E-state index contributed by atoms with van der Waals surface area (Å²) in [5, 5.41) is 14.3. The number of benzene rings is 1. The fourth-order valence-electron chi connectivity index (χ4n) is 2.62. The lowest BCUT2D eigenvalue weighted by atomic mass is 10.3. The van der Waals surface area contributed by atoms with E-state index in [1.54, 1.807) is 0 Å². The Hall–Kier alpha value is -2.98. The fourth-order valence-corrected chi connectivity index (χ4v) is 2.62. The van der Waals surface area contributed by atoms with Gasteiger partial charge in [0.1, 0.15) is 5.82 Å². The Kier molecular flexibility index (Phi) is 5.67. The normalized spacial score (nSPS) is 11.2. The van der Waals surface area contributed by atoms with Crippen LogP contribution in [-0.4, -0.2) is 44.5 Å². The van der Waals surface area contributed by atoms with Gasteiger partial charge in [-0.2, -0.15) is 0 Å².